The Morgan fingerprint density at radius 3 is 2.80 bits per heavy atom. The molecule has 1 atom stereocenters. The summed E-state index contributed by atoms with van der Waals surface area (Å²) in [5, 5.41) is 0. The lowest BCUT2D eigenvalue weighted by molar-refractivity contribution is 0.0909. The molecule has 1 N–H and O–H groups in total. The van der Waals surface area contributed by atoms with Gasteiger partial charge in [0.05, 0.1) is 6.04 Å². The average Bonchev–Trinajstić information content (AvgIpc) is 2.94. The molecule has 0 aromatic carbocycles. The molecular weight excluding hydrogens is 250 g/mol. The molecule has 0 saturated heterocycles. The lowest BCUT2D eigenvalue weighted by Gasteiger charge is -2.31. The van der Waals surface area contributed by atoms with Gasteiger partial charge in [-0.2, -0.15) is 0 Å². The van der Waals surface area contributed by atoms with Crippen LogP contribution in [0.2, 0.25) is 0 Å². The van der Waals surface area contributed by atoms with Crippen molar-refractivity contribution < 1.29 is 4.79 Å². The van der Waals surface area contributed by atoms with E-state index in [4.69, 9.17) is 0 Å². The zero-order valence-electron chi connectivity index (χ0n) is 12.5. The number of carbonyl (C=O) groups is 1. The SMILES string of the molecule is Cc1cc2c(n1C(C)c1ncc[nH]1)CC(C)(C)CC2=O. The van der Waals surface area contributed by atoms with Crippen LogP contribution in [0, 0.1) is 12.3 Å². The predicted molar refractivity (Wildman–Crippen MR) is 78.0 cm³/mol. The van der Waals surface area contributed by atoms with Gasteiger partial charge in [0.15, 0.2) is 5.78 Å². The maximum Gasteiger partial charge on any atom is 0.165 e. The van der Waals surface area contributed by atoms with Gasteiger partial charge in [-0.3, -0.25) is 4.79 Å². The van der Waals surface area contributed by atoms with E-state index in [1.165, 1.54) is 0 Å². The molecule has 1 unspecified atom stereocenters. The van der Waals surface area contributed by atoms with Crippen LogP contribution >= 0.6 is 0 Å². The standard InChI is InChI=1S/C16H21N3O/c1-10-7-12-13(8-16(3,4)9-14(12)20)19(10)11(2)15-17-5-6-18-15/h5-7,11H,8-9H2,1-4H3,(H,17,18). The molecule has 106 valence electrons. The maximum atomic E-state index is 12.3. The first-order chi connectivity index (χ1) is 9.39. The molecule has 4 nitrogen and oxygen atoms in total. The number of fused-ring (bicyclic) bond motifs is 1. The summed E-state index contributed by atoms with van der Waals surface area (Å²) in [6.07, 6.45) is 5.18. The number of H-pyrrole nitrogens is 1. The lowest BCUT2D eigenvalue weighted by atomic mass is 9.76. The van der Waals surface area contributed by atoms with Crippen LogP contribution in [0.5, 0.6) is 0 Å². The average molecular weight is 271 g/mol. The summed E-state index contributed by atoms with van der Waals surface area (Å²) in [5.41, 5.74) is 3.23. The molecule has 0 fully saturated rings. The van der Waals surface area contributed by atoms with Crippen LogP contribution in [0.3, 0.4) is 0 Å². The Hall–Kier alpha value is -1.84. The highest BCUT2D eigenvalue weighted by molar-refractivity contribution is 5.99. The van der Waals surface area contributed by atoms with E-state index in [-0.39, 0.29) is 17.2 Å². The predicted octanol–water partition coefficient (Wildman–Crippen LogP) is 3.28. The molecule has 4 heteroatoms. The topological polar surface area (TPSA) is 50.7 Å². The molecule has 0 spiro atoms. The molecule has 3 rings (SSSR count). The van der Waals surface area contributed by atoms with Crippen molar-refractivity contribution in [1.29, 1.82) is 0 Å². The molecule has 0 aliphatic heterocycles. The van der Waals surface area contributed by atoms with Crippen molar-refractivity contribution in [3.63, 3.8) is 0 Å². The van der Waals surface area contributed by atoms with E-state index in [0.29, 0.717) is 6.42 Å². The summed E-state index contributed by atoms with van der Waals surface area (Å²) in [6.45, 7) is 8.52. The Labute approximate surface area is 119 Å². The van der Waals surface area contributed by atoms with E-state index >= 15 is 0 Å². The van der Waals surface area contributed by atoms with Gasteiger partial charge in [-0.25, -0.2) is 4.98 Å². The van der Waals surface area contributed by atoms with Crippen LogP contribution in [0.4, 0.5) is 0 Å². The second-order valence-corrected chi connectivity index (χ2v) is 6.61. The van der Waals surface area contributed by atoms with Crippen LogP contribution in [-0.2, 0) is 6.42 Å². The van der Waals surface area contributed by atoms with E-state index in [9.17, 15) is 4.79 Å². The summed E-state index contributed by atoms with van der Waals surface area (Å²) in [7, 11) is 0. The van der Waals surface area contributed by atoms with Gasteiger partial charge in [0, 0.05) is 35.8 Å². The molecule has 1 aliphatic carbocycles. The molecule has 0 amide bonds. The number of hydrogen-bond donors (Lipinski definition) is 1. The normalized spacial score (nSPS) is 18.9. The van der Waals surface area contributed by atoms with Gasteiger partial charge in [0.25, 0.3) is 0 Å². The van der Waals surface area contributed by atoms with Crippen LogP contribution in [0.15, 0.2) is 18.5 Å². The Kier molecular flexibility index (Phi) is 2.85. The highest BCUT2D eigenvalue weighted by atomic mass is 16.1. The Bertz CT molecular complexity index is 650. The number of aryl methyl sites for hydroxylation is 1. The number of nitrogens with zero attached hydrogens (tertiary/aromatic N) is 2. The fourth-order valence-corrected chi connectivity index (χ4v) is 3.34. The molecule has 2 aromatic heterocycles. The minimum Gasteiger partial charge on any atom is -0.347 e. The first kappa shape index (κ1) is 13.2. The highest BCUT2D eigenvalue weighted by Crippen LogP contribution is 2.38. The van der Waals surface area contributed by atoms with Gasteiger partial charge in [-0.05, 0) is 31.7 Å². The smallest absolute Gasteiger partial charge is 0.165 e. The first-order valence-corrected chi connectivity index (χ1v) is 7.12. The quantitative estimate of drug-likeness (QED) is 0.911. The van der Waals surface area contributed by atoms with Crippen molar-refractivity contribution in [2.75, 3.05) is 0 Å². The summed E-state index contributed by atoms with van der Waals surface area (Å²) >= 11 is 0. The van der Waals surface area contributed by atoms with Crippen LogP contribution in [0.1, 0.15) is 60.8 Å². The van der Waals surface area contributed by atoms with Crippen molar-refractivity contribution in [2.45, 2.75) is 46.6 Å². The van der Waals surface area contributed by atoms with Crippen molar-refractivity contribution in [2.24, 2.45) is 5.41 Å². The van der Waals surface area contributed by atoms with Crippen LogP contribution in [-0.4, -0.2) is 20.3 Å². The number of aromatic nitrogens is 3. The third kappa shape index (κ3) is 1.99. The van der Waals surface area contributed by atoms with Crippen molar-refractivity contribution in [3.8, 4) is 0 Å². The maximum absolute atomic E-state index is 12.3. The van der Waals surface area contributed by atoms with E-state index in [1.54, 1.807) is 6.20 Å². The van der Waals surface area contributed by atoms with E-state index in [2.05, 4.69) is 42.2 Å². The summed E-state index contributed by atoms with van der Waals surface area (Å²) in [6, 6.07) is 2.15. The third-order valence-corrected chi connectivity index (χ3v) is 4.22. The molecule has 0 saturated carbocycles. The molecule has 0 radical (unpaired) electrons. The monoisotopic (exact) mass is 271 g/mol. The minimum atomic E-state index is 0.0372. The molecule has 2 aromatic rings. The van der Waals surface area contributed by atoms with Gasteiger partial charge in [0.1, 0.15) is 5.82 Å². The molecule has 2 heterocycles. The van der Waals surface area contributed by atoms with Crippen molar-refractivity contribution in [1.82, 2.24) is 14.5 Å². The number of carbonyl (C=O) groups excluding carboxylic acids is 1. The second-order valence-electron chi connectivity index (χ2n) is 6.61. The van der Waals surface area contributed by atoms with E-state index in [1.807, 2.05) is 12.3 Å². The number of aromatic amines is 1. The second kappa shape index (κ2) is 4.33. The summed E-state index contributed by atoms with van der Waals surface area (Å²) < 4.78 is 2.26. The van der Waals surface area contributed by atoms with Crippen LogP contribution < -0.4 is 0 Å². The fourth-order valence-electron chi connectivity index (χ4n) is 3.34. The number of ketones is 1. The highest BCUT2D eigenvalue weighted by Gasteiger charge is 2.35. The minimum absolute atomic E-state index is 0.0372. The molecular formula is C16H21N3O. The number of nitrogens with one attached hydrogen (secondary N) is 1. The van der Waals surface area contributed by atoms with Crippen LogP contribution in [0.25, 0.3) is 0 Å². The van der Waals surface area contributed by atoms with Crippen molar-refractivity contribution in [3.05, 3.63) is 41.2 Å². The summed E-state index contributed by atoms with van der Waals surface area (Å²) in [4.78, 5) is 19.9. The Morgan fingerprint density at radius 1 is 1.40 bits per heavy atom. The third-order valence-electron chi connectivity index (χ3n) is 4.22. The summed E-state index contributed by atoms with van der Waals surface area (Å²) in [5.74, 6) is 1.20. The first-order valence-electron chi connectivity index (χ1n) is 7.12. The van der Waals surface area contributed by atoms with Gasteiger partial charge in [0.2, 0.25) is 0 Å². The zero-order valence-corrected chi connectivity index (χ0v) is 12.5. The van der Waals surface area contributed by atoms with Gasteiger partial charge >= 0.3 is 0 Å². The number of Topliss-reactive ketones (excluding diaryl/α,β-unsaturated/α-hetero) is 1. The molecule has 0 bridgehead atoms. The Morgan fingerprint density at radius 2 is 2.15 bits per heavy atom. The largest absolute Gasteiger partial charge is 0.347 e. The fraction of sp³-hybridized carbons (Fsp3) is 0.500. The number of imidazole rings is 1. The van der Waals surface area contributed by atoms with E-state index < -0.39 is 0 Å². The van der Waals surface area contributed by atoms with Gasteiger partial charge < -0.3 is 9.55 Å². The number of rotatable bonds is 2. The van der Waals surface area contributed by atoms with Crippen molar-refractivity contribution >= 4 is 5.78 Å². The number of hydrogen-bond acceptors (Lipinski definition) is 2. The molecule has 20 heavy (non-hydrogen) atoms. The molecule has 1 aliphatic rings. The lowest BCUT2D eigenvalue weighted by Crippen LogP contribution is -2.29. The Balaban J connectivity index is 2.12. The zero-order chi connectivity index (χ0) is 14.5. The van der Waals surface area contributed by atoms with Gasteiger partial charge in [-0.15, -0.1) is 0 Å². The van der Waals surface area contributed by atoms with Gasteiger partial charge in [-0.1, -0.05) is 13.8 Å². The van der Waals surface area contributed by atoms with E-state index in [0.717, 1.165) is 29.2 Å².